The molecule has 1 aromatic carbocycles. The van der Waals surface area contributed by atoms with Crippen molar-refractivity contribution in [2.75, 3.05) is 0 Å². The first-order valence-corrected chi connectivity index (χ1v) is 6.05. The molecule has 1 aliphatic rings. The van der Waals surface area contributed by atoms with E-state index in [9.17, 15) is 13.2 Å². The van der Waals surface area contributed by atoms with Crippen molar-refractivity contribution in [1.29, 1.82) is 0 Å². The van der Waals surface area contributed by atoms with E-state index in [0.717, 1.165) is 31.2 Å². The summed E-state index contributed by atoms with van der Waals surface area (Å²) in [5, 5.41) is 0. The second kappa shape index (κ2) is 5.18. The molecule has 0 saturated heterocycles. The van der Waals surface area contributed by atoms with Crippen molar-refractivity contribution in [3.05, 3.63) is 29.8 Å². The zero-order valence-electron chi connectivity index (χ0n) is 9.91. The highest BCUT2D eigenvalue weighted by Gasteiger charge is 2.31. The van der Waals surface area contributed by atoms with Crippen LogP contribution >= 0.6 is 0 Å². The Balaban J connectivity index is 2.07. The van der Waals surface area contributed by atoms with Crippen molar-refractivity contribution in [2.24, 2.45) is 5.73 Å². The largest absolute Gasteiger partial charge is 0.573 e. The molecule has 0 unspecified atom stereocenters. The molecule has 0 heterocycles. The van der Waals surface area contributed by atoms with Gasteiger partial charge in [0, 0.05) is 6.04 Å². The fraction of sp³-hybridized carbons (Fsp3) is 0.538. The molecule has 2 N–H and O–H groups in total. The van der Waals surface area contributed by atoms with Gasteiger partial charge in [0.15, 0.2) is 0 Å². The summed E-state index contributed by atoms with van der Waals surface area (Å²) in [5.74, 6) is 0.149. The van der Waals surface area contributed by atoms with Crippen LogP contribution in [-0.4, -0.2) is 12.4 Å². The summed E-state index contributed by atoms with van der Waals surface area (Å²) in [6.45, 7) is 0. The standard InChI is InChI=1S/C13H16F3NO/c14-13(15,16)18-12-3-1-2-10(8-12)9-4-6-11(17)7-5-9/h1-3,8-9,11H,4-7,17H2. The van der Waals surface area contributed by atoms with Gasteiger partial charge < -0.3 is 10.5 Å². The molecular formula is C13H16F3NO. The molecule has 0 spiro atoms. The SMILES string of the molecule is NC1CCC(c2cccc(OC(F)(F)F)c2)CC1. The zero-order valence-corrected chi connectivity index (χ0v) is 9.91. The first-order valence-electron chi connectivity index (χ1n) is 6.05. The molecule has 1 aromatic rings. The number of alkyl halides is 3. The van der Waals surface area contributed by atoms with E-state index >= 15 is 0 Å². The fourth-order valence-corrected chi connectivity index (χ4v) is 2.42. The Labute approximate surface area is 104 Å². The molecule has 0 radical (unpaired) electrons. The average Bonchev–Trinajstić information content (AvgIpc) is 2.28. The predicted octanol–water partition coefficient (Wildman–Crippen LogP) is 3.57. The van der Waals surface area contributed by atoms with E-state index in [-0.39, 0.29) is 11.8 Å². The summed E-state index contributed by atoms with van der Waals surface area (Å²) < 4.78 is 40.3. The van der Waals surface area contributed by atoms with Gasteiger partial charge in [-0.05, 0) is 49.3 Å². The molecule has 0 amide bonds. The van der Waals surface area contributed by atoms with Crippen LogP contribution < -0.4 is 10.5 Å². The van der Waals surface area contributed by atoms with Crippen molar-refractivity contribution < 1.29 is 17.9 Å². The molecule has 1 fully saturated rings. The van der Waals surface area contributed by atoms with Crippen LogP contribution in [0.1, 0.15) is 37.2 Å². The molecule has 1 saturated carbocycles. The second-order valence-electron chi connectivity index (χ2n) is 4.73. The number of nitrogens with two attached hydrogens (primary N) is 1. The molecule has 2 nitrogen and oxygen atoms in total. The monoisotopic (exact) mass is 259 g/mol. The summed E-state index contributed by atoms with van der Waals surface area (Å²) >= 11 is 0. The number of rotatable bonds is 2. The van der Waals surface area contributed by atoms with Gasteiger partial charge in [0.1, 0.15) is 5.75 Å². The average molecular weight is 259 g/mol. The van der Waals surface area contributed by atoms with Crippen molar-refractivity contribution in [1.82, 2.24) is 0 Å². The maximum Gasteiger partial charge on any atom is 0.573 e. The van der Waals surface area contributed by atoms with E-state index in [1.807, 2.05) is 6.07 Å². The van der Waals surface area contributed by atoms with Gasteiger partial charge in [-0.2, -0.15) is 0 Å². The van der Waals surface area contributed by atoms with E-state index in [0.29, 0.717) is 5.92 Å². The Morgan fingerprint density at radius 2 is 1.78 bits per heavy atom. The summed E-state index contributed by atoms with van der Waals surface area (Å²) in [5.41, 5.74) is 6.72. The zero-order chi connectivity index (χ0) is 13.2. The first-order chi connectivity index (χ1) is 8.44. The molecule has 2 rings (SSSR count). The Bertz CT molecular complexity index is 397. The van der Waals surface area contributed by atoms with E-state index in [4.69, 9.17) is 5.73 Å². The quantitative estimate of drug-likeness (QED) is 0.881. The molecular weight excluding hydrogens is 243 g/mol. The van der Waals surface area contributed by atoms with Crippen LogP contribution in [0.15, 0.2) is 24.3 Å². The summed E-state index contributed by atoms with van der Waals surface area (Å²) in [7, 11) is 0. The maximum absolute atomic E-state index is 12.1. The Hall–Kier alpha value is -1.23. The third-order valence-corrected chi connectivity index (χ3v) is 3.33. The van der Waals surface area contributed by atoms with Crippen molar-refractivity contribution in [3.63, 3.8) is 0 Å². The van der Waals surface area contributed by atoms with E-state index < -0.39 is 6.36 Å². The van der Waals surface area contributed by atoms with Crippen LogP contribution in [0.5, 0.6) is 5.75 Å². The highest BCUT2D eigenvalue weighted by molar-refractivity contribution is 5.31. The lowest BCUT2D eigenvalue weighted by molar-refractivity contribution is -0.274. The minimum Gasteiger partial charge on any atom is -0.406 e. The van der Waals surface area contributed by atoms with Gasteiger partial charge in [0.25, 0.3) is 0 Å². The van der Waals surface area contributed by atoms with Gasteiger partial charge >= 0.3 is 6.36 Å². The van der Waals surface area contributed by atoms with Gasteiger partial charge in [-0.1, -0.05) is 12.1 Å². The number of hydrogen-bond acceptors (Lipinski definition) is 2. The highest BCUT2D eigenvalue weighted by atomic mass is 19.4. The molecule has 0 bridgehead atoms. The Morgan fingerprint density at radius 1 is 1.11 bits per heavy atom. The fourth-order valence-electron chi connectivity index (χ4n) is 2.42. The van der Waals surface area contributed by atoms with Gasteiger partial charge in [0.05, 0.1) is 0 Å². The summed E-state index contributed by atoms with van der Waals surface area (Å²) in [6.07, 6.45) is -0.926. The number of hydrogen-bond donors (Lipinski definition) is 1. The molecule has 18 heavy (non-hydrogen) atoms. The maximum atomic E-state index is 12.1. The van der Waals surface area contributed by atoms with E-state index in [1.54, 1.807) is 6.07 Å². The van der Waals surface area contributed by atoms with Gasteiger partial charge in [0.2, 0.25) is 0 Å². The Morgan fingerprint density at radius 3 is 2.39 bits per heavy atom. The highest BCUT2D eigenvalue weighted by Crippen LogP contribution is 2.34. The normalized spacial score (nSPS) is 24.9. The van der Waals surface area contributed by atoms with Gasteiger partial charge in [-0.3, -0.25) is 0 Å². The lowest BCUT2D eigenvalue weighted by Crippen LogP contribution is -2.25. The van der Waals surface area contributed by atoms with E-state index in [1.165, 1.54) is 12.1 Å². The molecule has 5 heteroatoms. The third kappa shape index (κ3) is 3.63. The van der Waals surface area contributed by atoms with Crippen molar-refractivity contribution in [3.8, 4) is 5.75 Å². The first kappa shape index (κ1) is 13.2. The van der Waals surface area contributed by atoms with Crippen LogP contribution in [0.4, 0.5) is 13.2 Å². The predicted molar refractivity (Wildman–Crippen MR) is 62.3 cm³/mol. The lowest BCUT2D eigenvalue weighted by atomic mass is 9.82. The smallest absolute Gasteiger partial charge is 0.406 e. The van der Waals surface area contributed by atoms with E-state index in [2.05, 4.69) is 4.74 Å². The third-order valence-electron chi connectivity index (χ3n) is 3.33. The topological polar surface area (TPSA) is 35.2 Å². The van der Waals surface area contributed by atoms with Crippen LogP contribution in [0.3, 0.4) is 0 Å². The molecule has 0 aromatic heterocycles. The molecule has 0 atom stereocenters. The van der Waals surface area contributed by atoms with Crippen molar-refractivity contribution in [2.45, 2.75) is 44.0 Å². The van der Waals surface area contributed by atoms with Crippen LogP contribution in [-0.2, 0) is 0 Å². The van der Waals surface area contributed by atoms with Crippen LogP contribution in [0, 0.1) is 0 Å². The molecule has 100 valence electrons. The van der Waals surface area contributed by atoms with Crippen LogP contribution in [0.2, 0.25) is 0 Å². The van der Waals surface area contributed by atoms with Crippen molar-refractivity contribution >= 4 is 0 Å². The minimum absolute atomic E-state index is 0.144. The number of ether oxygens (including phenoxy) is 1. The van der Waals surface area contributed by atoms with Gasteiger partial charge in [-0.25, -0.2) is 0 Å². The molecule has 0 aliphatic heterocycles. The molecule has 1 aliphatic carbocycles. The number of halogens is 3. The summed E-state index contributed by atoms with van der Waals surface area (Å²) in [6, 6.07) is 6.49. The lowest BCUT2D eigenvalue weighted by Gasteiger charge is -2.26. The number of benzene rings is 1. The summed E-state index contributed by atoms with van der Waals surface area (Å²) in [4.78, 5) is 0. The van der Waals surface area contributed by atoms with Gasteiger partial charge in [-0.15, -0.1) is 13.2 Å². The van der Waals surface area contributed by atoms with Crippen LogP contribution in [0.25, 0.3) is 0 Å². The second-order valence-corrected chi connectivity index (χ2v) is 4.73. The Kier molecular flexibility index (Phi) is 3.80. The minimum atomic E-state index is -4.63.